The van der Waals surface area contributed by atoms with Gasteiger partial charge in [-0.1, -0.05) is 12.1 Å². The number of alkyl halides is 3. The summed E-state index contributed by atoms with van der Waals surface area (Å²) in [7, 11) is 0. The van der Waals surface area contributed by atoms with E-state index in [1.165, 1.54) is 35.6 Å². The second-order valence-electron chi connectivity index (χ2n) is 8.92. The third-order valence-electron chi connectivity index (χ3n) is 6.24. The highest BCUT2D eigenvalue weighted by molar-refractivity contribution is 6.04. The molecule has 200 valence electrons. The van der Waals surface area contributed by atoms with Crippen LogP contribution in [0, 0.1) is 0 Å². The monoisotopic (exact) mass is 531 g/mol. The van der Waals surface area contributed by atoms with Gasteiger partial charge in [0.1, 0.15) is 12.7 Å². The van der Waals surface area contributed by atoms with Crippen molar-refractivity contribution in [3.05, 3.63) is 48.4 Å². The van der Waals surface area contributed by atoms with Crippen LogP contribution in [0.2, 0.25) is 0 Å². The van der Waals surface area contributed by atoms with Gasteiger partial charge in [0.25, 0.3) is 0 Å². The molecule has 14 heteroatoms. The highest BCUT2D eigenvalue weighted by Gasteiger charge is 2.39. The van der Waals surface area contributed by atoms with E-state index in [1.807, 2.05) is 0 Å². The number of hydrogen-bond acceptors (Lipinski definition) is 9. The minimum atomic E-state index is -4.51. The van der Waals surface area contributed by atoms with Crippen LogP contribution in [0.1, 0.15) is 18.4 Å². The number of hydrogen-bond donors (Lipinski definition) is 3. The molecule has 11 nitrogen and oxygen atoms in total. The first-order valence-corrected chi connectivity index (χ1v) is 11.9. The topological polar surface area (TPSA) is 137 Å². The van der Waals surface area contributed by atoms with Crippen molar-refractivity contribution in [1.82, 2.24) is 19.9 Å². The van der Waals surface area contributed by atoms with Gasteiger partial charge in [0.15, 0.2) is 11.6 Å². The smallest absolute Gasteiger partial charge is 0.416 e. The molecule has 1 aromatic carbocycles. The van der Waals surface area contributed by atoms with E-state index in [4.69, 9.17) is 9.84 Å². The van der Waals surface area contributed by atoms with Crippen LogP contribution in [-0.4, -0.2) is 74.6 Å². The first-order chi connectivity index (χ1) is 18.2. The van der Waals surface area contributed by atoms with Crippen LogP contribution in [-0.2, 0) is 6.18 Å². The van der Waals surface area contributed by atoms with Crippen molar-refractivity contribution in [1.29, 1.82) is 0 Å². The molecule has 4 heterocycles. The fourth-order valence-corrected chi connectivity index (χ4v) is 4.42. The fourth-order valence-electron chi connectivity index (χ4n) is 4.42. The first kappa shape index (κ1) is 25.6. The molecule has 2 bridgehead atoms. The zero-order valence-electron chi connectivity index (χ0n) is 20.0. The zero-order chi connectivity index (χ0) is 26.9. The van der Waals surface area contributed by atoms with Crippen LogP contribution in [0.4, 0.5) is 35.2 Å². The molecule has 0 radical (unpaired) electrons. The van der Waals surface area contributed by atoms with Crippen LogP contribution < -0.4 is 19.9 Å². The Balaban J connectivity index is 1.41. The Labute approximate surface area is 214 Å². The second-order valence-corrected chi connectivity index (χ2v) is 8.92. The van der Waals surface area contributed by atoms with Crippen molar-refractivity contribution >= 4 is 23.2 Å². The number of carbonyl (C=O) groups excluding carboxylic acids is 1. The number of nitrogens with zero attached hydrogens (tertiary/aromatic N) is 6. The summed E-state index contributed by atoms with van der Waals surface area (Å²) in [6, 6.07) is 4.00. The molecule has 38 heavy (non-hydrogen) atoms. The summed E-state index contributed by atoms with van der Waals surface area (Å²) in [5.74, 6) is 0.378. The molecule has 3 aromatic rings. The van der Waals surface area contributed by atoms with E-state index in [-0.39, 0.29) is 35.7 Å². The predicted octanol–water partition coefficient (Wildman–Crippen LogP) is 2.71. The van der Waals surface area contributed by atoms with Gasteiger partial charge >= 0.3 is 18.2 Å². The summed E-state index contributed by atoms with van der Waals surface area (Å²) >= 11 is 0. The lowest BCUT2D eigenvalue weighted by Crippen LogP contribution is -2.56. The Hall–Kier alpha value is -4.04. The highest BCUT2D eigenvalue weighted by atomic mass is 19.4. The largest absolute Gasteiger partial charge is 0.461 e. The number of halogens is 3. The van der Waals surface area contributed by atoms with Crippen molar-refractivity contribution in [2.75, 3.05) is 41.4 Å². The number of ether oxygens (including phenoxy) is 1. The Morgan fingerprint density at radius 1 is 1.21 bits per heavy atom. The van der Waals surface area contributed by atoms with E-state index in [0.29, 0.717) is 18.1 Å². The van der Waals surface area contributed by atoms with Crippen molar-refractivity contribution in [3.8, 4) is 17.4 Å². The molecular formula is C24H24F3N7O4. The Kier molecular flexibility index (Phi) is 6.99. The van der Waals surface area contributed by atoms with Crippen LogP contribution >= 0.6 is 0 Å². The molecule has 2 amide bonds. The number of aliphatic hydroxyl groups is 2. The number of benzene rings is 1. The minimum Gasteiger partial charge on any atom is -0.461 e. The quantitative estimate of drug-likeness (QED) is 0.439. The van der Waals surface area contributed by atoms with E-state index in [9.17, 15) is 23.1 Å². The van der Waals surface area contributed by atoms with Crippen molar-refractivity contribution in [3.63, 3.8) is 0 Å². The minimum absolute atomic E-state index is 0.0415. The maximum absolute atomic E-state index is 13.4. The van der Waals surface area contributed by atoms with Gasteiger partial charge in [0, 0.05) is 18.7 Å². The number of nitrogens with one attached hydrogen (secondary N) is 1. The summed E-state index contributed by atoms with van der Waals surface area (Å²) < 4.78 is 45.0. The zero-order valence-corrected chi connectivity index (χ0v) is 20.0. The van der Waals surface area contributed by atoms with E-state index >= 15 is 0 Å². The van der Waals surface area contributed by atoms with Crippen molar-refractivity contribution < 1.29 is 32.9 Å². The van der Waals surface area contributed by atoms with Gasteiger partial charge in [-0.3, -0.25) is 4.90 Å². The average molecular weight is 531 g/mol. The Morgan fingerprint density at radius 2 is 2.00 bits per heavy atom. The van der Waals surface area contributed by atoms with Gasteiger partial charge in [0.05, 0.1) is 48.2 Å². The van der Waals surface area contributed by atoms with Gasteiger partial charge in [-0.25, -0.2) is 24.7 Å². The molecule has 2 aliphatic rings. The Bertz CT molecular complexity index is 1310. The standard InChI is InChI=1S/C24H24F3N7O4/c25-24(26,27)15-4-1-3-14(7-15)20-28-10-19-21(32-20)34(17-5-2-6-33(19)11-17)23(37)31-16-8-29-22(30-9-16)38-13-18(36)12-35/h1,3-4,7-10,17-18,35-36H,2,5-6,11-13H2,(H,31,37)/t17-,18+/m0/s1. The number of piperidine rings is 1. The van der Waals surface area contributed by atoms with Gasteiger partial charge in [-0.15, -0.1) is 0 Å². The number of carbonyl (C=O) groups is 1. The molecule has 0 saturated carbocycles. The molecule has 0 unspecified atom stereocenters. The van der Waals surface area contributed by atoms with Crippen molar-refractivity contribution in [2.45, 2.75) is 31.2 Å². The van der Waals surface area contributed by atoms with Crippen LogP contribution in [0.15, 0.2) is 42.9 Å². The number of anilines is 3. The van der Waals surface area contributed by atoms with Gasteiger partial charge in [0.2, 0.25) is 0 Å². The fraction of sp³-hybridized carbons (Fsp3) is 0.375. The Morgan fingerprint density at radius 3 is 2.74 bits per heavy atom. The molecule has 3 N–H and O–H groups in total. The number of rotatable bonds is 6. The molecule has 2 aromatic heterocycles. The first-order valence-electron chi connectivity index (χ1n) is 11.9. The number of urea groups is 1. The lowest BCUT2D eigenvalue weighted by atomic mass is 10.0. The van der Waals surface area contributed by atoms with Gasteiger partial charge < -0.3 is 25.2 Å². The SMILES string of the molecule is O=C(Nc1cnc(OC[C@H](O)CO)nc1)N1c2nc(-c3cccc(C(F)(F)F)c3)ncc2N2CCC[C@H]1C2. The molecule has 1 fully saturated rings. The summed E-state index contributed by atoms with van der Waals surface area (Å²) in [6.45, 7) is 0.663. The predicted molar refractivity (Wildman–Crippen MR) is 130 cm³/mol. The molecule has 2 atom stereocenters. The summed E-state index contributed by atoms with van der Waals surface area (Å²) in [6.07, 6.45) is 0.182. The van der Waals surface area contributed by atoms with Crippen LogP contribution in [0.25, 0.3) is 11.4 Å². The third kappa shape index (κ3) is 5.31. The number of aliphatic hydroxyl groups excluding tert-OH is 2. The lowest BCUT2D eigenvalue weighted by molar-refractivity contribution is -0.137. The molecule has 1 saturated heterocycles. The van der Waals surface area contributed by atoms with Gasteiger partial charge in [-0.2, -0.15) is 13.2 Å². The van der Waals surface area contributed by atoms with Gasteiger partial charge in [-0.05, 0) is 25.0 Å². The molecule has 5 rings (SSSR count). The second kappa shape index (κ2) is 10.4. The maximum atomic E-state index is 13.4. The summed E-state index contributed by atoms with van der Waals surface area (Å²) in [4.78, 5) is 33.8. The van der Waals surface area contributed by atoms with Crippen LogP contribution in [0.5, 0.6) is 6.01 Å². The van der Waals surface area contributed by atoms with E-state index < -0.39 is 30.5 Å². The van der Waals surface area contributed by atoms with E-state index in [1.54, 1.807) is 0 Å². The number of aromatic nitrogens is 4. The number of amides is 2. The molecule has 0 spiro atoms. The normalized spacial score (nSPS) is 17.6. The van der Waals surface area contributed by atoms with Crippen LogP contribution in [0.3, 0.4) is 0 Å². The molecule has 2 aliphatic heterocycles. The lowest BCUT2D eigenvalue weighted by Gasteiger charge is -2.45. The highest BCUT2D eigenvalue weighted by Crippen LogP contribution is 2.39. The third-order valence-corrected chi connectivity index (χ3v) is 6.24. The summed E-state index contributed by atoms with van der Waals surface area (Å²) in [5, 5.41) is 21.0. The summed E-state index contributed by atoms with van der Waals surface area (Å²) in [5.41, 5.74) is 0.264. The van der Waals surface area contributed by atoms with Crippen molar-refractivity contribution in [2.24, 2.45) is 0 Å². The molecular weight excluding hydrogens is 507 g/mol. The molecule has 0 aliphatic carbocycles. The number of fused-ring (bicyclic) bond motifs is 4. The maximum Gasteiger partial charge on any atom is 0.416 e. The van der Waals surface area contributed by atoms with E-state index in [0.717, 1.165) is 31.5 Å². The average Bonchev–Trinajstić information content (AvgIpc) is 2.92. The van der Waals surface area contributed by atoms with E-state index in [2.05, 4.69) is 30.2 Å².